The molecule has 28 heavy (non-hydrogen) atoms. The Kier molecular flexibility index (Phi) is 10.4. The lowest BCUT2D eigenvalue weighted by atomic mass is 10.0. The molecule has 0 atom stereocenters. The Balaban J connectivity index is 1.77. The predicted molar refractivity (Wildman–Crippen MR) is 122 cm³/mol. The van der Waals surface area contributed by atoms with Crippen LogP contribution in [0, 0.1) is 23.7 Å². The van der Waals surface area contributed by atoms with Crippen LogP contribution in [0.25, 0.3) is 0 Å². The van der Waals surface area contributed by atoms with Gasteiger partial charge in [-0.3, -0.25) is 0 Å². The average molecular weight is 369 g/mol. The van der Waals surface area contributed by atoms with Gasteiger partial charge in [-0.2, -0.15) is 0 Å². The Labute approximate surface area is 172 Å². The molecule has 0 unspecified atom stereocenters. The van der Waals surface area contributed by atoms with E-state index < -0.39 is 0 Å². The first kappa shape index (κ1) is 21.6. The molecule has 0 radical (unpaired) electrons. The van der Waals surface area contributed by atoms with E-state index in [2.05, 4.69) is 86.1 Å². The molecule has 2 rings (SSSR count). The van der Waals surface area contributed by atoms with Gasteiger partial charge in [0.05, 0.1) is 0 Å². The molecule has 0 N–H and O–H groups in total. The van der Waals surface area contributed by atoms with Crippen molar-refractivity contribution < 1.29 is 0 Å². The van der Waals surface area contributed by atoms with Crippen LogP contribution in [0.4, 0.5) is 0 Å². The summed E-state index contributed by atoms with van der Waals surface area (Å²) >= 11 is 0. The molecule has 0 spiro atoms. The van der Waals surface area contributed by atoms with E-state index in [1.54, 1.807) is 0 Å². The number of unbranched alkanes of at least 4 members (excludes halogenated alkanes) is 4. The predicted octanol–water partition coefficient (Wildman–Crippen LogP) is 7.11. The Morgan fingerprint density at radius 2 is 1.07 bits per heavy atom. The Morgan fingerprint density at radius 1 is 0.571 bits per heavy atom. The number of benzene rings is 2. The maximum Gasteiger partial charge on any atom is 0.0249 e. The van der Waals surface area contributed by atoms with Gasteiger partial charge >= 0.3 is 0 Å². The largest absolute Gasteiger partial charge is 0.0689 e. The summed E-state index contributed by atoms with van der Waals surface area (Å²) in [4.78, 5) is 0. The lowest BCUT2D eigenvalue weighted by Gasteiger charge is -2.01. The van der Waals surface area contributed by atoms with E-state index in [0.29, 0.717) is 0 Å². The number of hydrogen-bond acceptors (Lipinski definition) is 0. The minimum absolute atomic E-state index is 1.04. The van der Waals surface area contributed by atoms with Crippen LogP contribution >= 0.6 is 0 Å². The molecule has 0 fully saturated rings. The normalized spacial score (nSPS) is 10.2. The van der Waals surface area contributed by atoms with Crippen molar-refractivity contribution in [3.63, 3.8) is 0 Å². The first-order valence-corrected chi connectivity index (χ1v) is 10.7. The van der Waals surface area contributed by atoms with Crippen LogP contribution in [0.5, 0.6) is 0 Å². The molecule has 0 aliphatic carbocycles. The Morgan fingerprint density at radius 3 is 1.57 bits per heavy atom. The quantitative estimate of drug-likeness (QED) is 0.344. The summed E-state index contributed by atoms with van der Waals surface area (Å²) in [6.45, 7) is 4.46. The molecule has 0 aliphatic heterocycles. The molecule has 0 aliphatic rings. The highest BCUT2D eigenvalue weighted by Gasteiger charge is 1.94. The highest BCUT2D eigenvalue weighted by Crippen LogP contribution is 2.10. The van der Waals surface area contributed by atoms with Crippen LogP contribution in [0.2, 0.25) is 0 Å². The number of aryl methyl sites for hydroxylation is 2. The zero-order chi connectivity index (χ0) is 19.9. The van der Waals surface area contributed by atoms with Crippen molar-refractivity contribution in [3.8, 4) is 23.7 Å². The summed E-state index contributed by atoms with van der Waals surface area (Å²) in [5, 5.41) is 0. The first-order valence-electron chi connectivity index (χ1n) is 10.7. The molecule has 0 heterocycles. The molecule has 144 valence electrons. The van der Waals surface area contributed by atoms with E-state index in [0.717, 1.165) is 17.5 Å². The third-order valence-corrected chi connectivity index (χ3v) is 4.70. The summed E-state index contributed by atoms with van der Waals surface area (Å²) in [5.41, 5.74) is 4.88. The van der Waals surface area contributed by atoms with Crippen molar-refractivity contribution >= 4 is 0 Å². The van der Waals surface area contributed by atoms with E-state index >= 15 is 0 Å². The first-order chi connectivity index (χ1) is 13.8. The molecule has 0 nitrogen and oxygen atoms in total. The van der Waals surface area contributed by atoms with Gasteiger partial charge in [-0.15, -0.1) is 0 Å². The van der Waals surface area contributed by atoms with Crippen LogP contribution in [0.3, 0.4) is 0 Å². The van der Waals surface area contributed by atoms with E-state index in [4.69, 9.17) is 0 Å². The van der Waals surface area contributed by atoms with Gasteiger partial charge in [0.25, 0.3) is 0 Å². The maximum absolute atomic E-state index is 3.17. The van der Waals surface area contributed by atoms with Crippen molar-refractivity contribution in [1.29, 1.82) is 0 Å². The van der Waals surface area contributed by atoms with Gasteiger partial charge in [0.1, 0.15) is 0 Å². The number of allylic oxidation sites excluding steroid dienone is 2. The third kappa shape index (κ3) is 8.79. The lowest BCUT2D eigenvalue weighted by molar-refractivity contribution is 0.632. The second-order valence-electron chi connectivity index (χ2n) is 7.18. The topological polar surface area (TPSA) is 0 Å². The fourth-order valence-electron chi connectivity index (χ4n) is 3.06. The smallest absolute Gasteiger partial charge is 0.0249 e. The molecule has 0 amide bonds. The number of hydrogen-bond donors (Lipinski definition) is 0. The van der Waals surface area contributed by atoms with Gasteiger partial charge < -0.3 is 0 Å². The molecule has 2 aromatic rings. The zero-order valence-corrected chi connectivity index (χ0v) is 17.4. The van der Waals surface area contributed by atoms with Gasteiger partial charge in [0.2, 0.25) is 0 Å². The minimum atomic E-state index is 1.04. The molecule has 0 aromatic heterocycles. The molecule has 0 bridgehead atoms. The summed E-state index contributed by atoms with van der Waals surface area (Å²) < 4.78 is 0. The monoisotopic (exact) mass is 368 g/mol. The van der Waals surface area contributed by atoms with Gasteiger partial charge in [-0.1, -0.05) is 93.9 Å². The SMILES string of the molecule is CCCCCCCc1ccc(C#C/C=C/C#Cc2ccc(CCC)cc2)cc1. The van der Waals surface area contributed by atoms with E-state index in [9.17, 15) is 0 Å². The zero-order valence-electron chi connectivity index (χ0n) is 17.4. The molecular weight excluding hydrogens is 336 g/mol. The molecule has 0 heteroatoms. The fourth-order valence-corrected chi connectivity index (χ4v) is 3.06. The van der Waals surface area contributed by atoms with E-state index in [1.165, 1.54) is 56.1 Å². The van der Waals surface area contributed by atoms with Gasteiger partial charge in [0, 0.05) is 11.1 Å². The summed E-state index contributed by atoms with van der Waals surface area (Å²) in [6.07, 6.45) is 13.8. The maximum atomic E-state index is 3.17. The third-order valence-electron chi connectivity index (χ3n) is 4.70. The van der Waals surface area contributed by atoms with Gasteiger partial charge in [0.15, 0.2) is 0 Å². The number of rotatable bonds is 8. The van der Waals surface area contributed by atoms with E-state index in [-0.39, 0.29) is 0 Å². The van der Waals surface area contributed by atoms with Crippen LogP contribution < -0.4 is 0 Å². The van der Waals surface area contributed by atoms with Crippen molar-refractivity contribution in [2.45, 2.75) is 65.2 Å². The molecule has 0 saturated heterocycles. The van der Waals surface area contributed by atoms with Crippen molar-refractivity contribution in [2.75, 3.05) is 0 Å². The summed E-state index contributed by atoms with van der Waals surface area (Å²) in [6, 6.07) is 17.1. The molecular formula is C28H32. The molecule has 2 aromatic carbocycles. The van der Waals surface area contributed by atoms with Crippen LogP contribution in [0.1, 0.15) is 74.6 Å². The Hall–Kier alpha value is -2.70. The minimum Gasteiger partial charge on any atom is -0.0689 e. The van der Waals surface area contributed by atoms with Gasteiger partial charge in [-0.25, -0.2) is 0 Å². The summed E-state index contributed by atoms with van der Waals surface area (Å²) in [5.74, 6) is 12.4. The summed E-state index contributed by atoms with van der Waals surface area (Å²) in [7, 11) is 0. The molecule has 0 saturated carbocycles. The van der Waals surface area contributed by atoms with Crippen molar-refractivity contribution in [2.24, 2.45) is 0 Å². The average Bonchev–Trinajstić information content (AvgIpc) is 2.73. The highest BCUT2D eigenvalue weighted by molar-refractivity contribution is 5.42. The van der Waals surface area contributed by atoms with Crippen LogP contribution in [-0.4, -0.2) is 0 Å². The fraction of sp³-hybridized carbons (Fsp3) is 0.357. The van der Waals surface area contributed by atoms with Gasteiger partial charge in [-0.05, 0) is 66.8 Å². The second-order valence-corrected chi connectivity index (χ2v) is 7.18. The van der Waals surface area contributed by atoms with Crippen molar-refractivity contribution in [1.82, 2.24) is 0 Å². The van der Waals surface area contributed by atoms with Crippen LogP contribution in [-0.2, 0) is 12.8 Å². The Bertz CT molecular complexity index is 827. The van der Waals surface area contributed by atoms with Crippen molar-refractivity contribution in [3.05, 3.63) is 82.9 Å². The highest BCUT2D eigenvalue weighted by atomic mass is 14.0. The lowest BCUT2D eigenvalue weighted by Crippen LogP contribution is -1.86. The second kappa shape index (κ2) is 13.5. The standard InChI is InChI=1S/C28H32/c1-3-5-6-7-10-14-27-21-23-28(24-22-27)16-12-9-8-11-15-26-19-17-25(13-4-2)18-20-26/h8-9,17-24H,3-7,10,13-14H2,1-2H3/b9-8+. The van der Waals surface area contributed by atoms with E-state index in [1.807, 2.05) is 12.2 Å². The van der Waals surface area contributed by atoms with Crippen LogP contribution in [0.15, 0.2) is 60.7 Å².